The normalized spacial score (nSPS) is 11.0. The fourth-order valence-electron chi connectivity index (χ4n) is 1.98. The van der Waals surface area contributed by atoms with Gasteiger partial charge in [-0.2, -0.15) is 0 Å². The summed E-state index contributed by atoms with van der Waals surface area (Å²) in [6, 6.07) is 8.23. The molecular formula is C15H20BrIN4S. The third-order valence-corrected chi connectivity index (χ3v) is 4.69. The van der Waals surface area contributed by atoms with Crippen LogP contribution in [0.15, 0.2) is 39.9 Å². The molecule has 1 aromatic heterocycles. The van der Waals surface area contributed by atoms with Crippen LogP contribution < -0.4 is 5.32 Å². The Hall–Kier alpha value is -0.670. The van der Waals surface area contributed by atoms with E-state index in [1.54, 1.807) is 18.4 Å². The number of aromatic nitrogens is 1. The lowest BCUT2D eigenvalue weighted by atomic mass is 10.2. The summed E-state index contributed by atoms with van der Waals surface area (Å²) >= 11 is 5.28. The largest absolute Gasteiger partial charge is 0.350 e. The Balaban J connectivity index is 0.00000242. The van der Waals surface area contributed by atoms with Gasteiger partial charge in [0.2, 0.25) is 0 Å². The van der Waals surface area contributed by atoms with Crippen molar-refractivity contribution in [2.24, 2.45) is 4.99 Å². The number of halogens is 2. The second-order valence-corrected chi connectivity index (χ2v) is 6.89. The van der Waals surface area contributed by atoms with Crippen molar-refractivity contribution in [1.82, 2.24) is 15.2 Å². The Morgan fingerprint density at radius 3 is 2.73 bits per heavy atom. The molecule has 0 fully saturated rings. The Labute approximate surface area is 161 Å². The summed E-state index contributed by atoms with van der Waals surface area (Å²) in [5.41, 5.74) is 1.23. The van der Waals surface area contributed by atoms with Gasteiger partial charge in [0.25, 0.3) is 0 Å². The molecule has 0 bridgehead atoms. The summed E-state index contributed by atoms with van der Waals surface area (Å²) in [4.78, 5) is 12.0. The van der Waals surface area contributed by atoms with E-state index in [9.17, 15) is 0 Å². The van der Waals surface area contributed by atoms with Gasteiger partial charge in [0, 0.05) is 36.2 Å². The molecule has 0 amide bonds. The monoisotopic (exact) mass is 494 g/mol. The van der Waals surface area contributed by atoms with E-state index in [1.807, 2.05) is 25.4 Å². The minimum absolute atomic E-state index is 0. The Morgan fingerprint density at radius 1 is 1.41 bits per heavy atom. The standard InChI is InChI=1S/C15H19BrN4S.HI/c1-11-8-18-14(21-11)9-19-15(17-2)20(3)10-12-6-4-5-7-13(12)16;/h4-8H,9-10H2,1-3H3,(H,17,19);1H. The smallest absolute Gasteiger partial charge is 0.194 e. The van der Waals surface area contributed by atoms with Gasteiger partial charge >= 0.3 is 0 Å². The Kier molecular flexibility index (Phi) is 8.34. The zero-order valence-corrected chi connectivity index (χ0v) is 17.6. The van der Waals surface area contributed by atoms with Gasteiger partial charge in [-0.1, -0.05) is 34.1 Å². The van der Waals surface area contributed by atoms with Crippen molar-refractivity contribution in [3.63, 3.8) is 0 Å². The molecular weight excluding hydrogens is 475 g/mol. The van der Waals surface area contributed by atoms with E-state index in [2.05, 4.69) is 55.2 Å². The molecule has 120 valence electrons. The van der Waals surface area contributed by atoms with Gasteiger partial charge in [0.1, 0.15) is 5.01 Å². The summed E-state index contributed by atoms with van der Waals surface area (Å²) in [7, 11) is 3.83. The first-order valence-electron chi connectivity index (χ1n) is 6.66. The van der Waals surface area contributed by atoms with Crippen LogP contribution in [-0.2, 0) is 13.1 Å². The van der Waals surface area contributed by atoms with Crippen molar-refractivity contribution >= 4 is 57.2 Å². The number of thiazole rings is 1. The lowest BCUT2D eigenvalue weighted by Crippen LogP contribution is -2.38. The van der Waals surface area contributed by atoms with Crippen LogP contribution in [0.25, 0.3) is 0 Å². The predicted molar refractivity (Wildman–Crippen MR) is 108 cm³/mol. The molecule has 2 aromatic rings. The highest BCUT2D eigenvalue weighted by molar-refractivity contribution is 14.0. The maximum Gasteiger partial charge on any atom is 0.194 e. The molecule has 4 nitrogen and oxygen atoms in total. The quantitative estimate of drug-likeness (QED) is 0.396. The van der Waals surface area contributed by atoms with Crippen molar-refractivity contribution in [2.45, 2.75) is 20.0 Å². The van der Waals surface area contributed by atoms with Crippen LogP contribution >= 0.6 is 51.2 Å². The van der Waals surface area contributed by atoms with Crippen LogP contribution in [0.1, 0.15) is 15.4 Å². The Morgan fingerprint density at radius 2 is 2.14 bits per heavy atom. The van der Waals surface area contributed by atoms with E-state index in [4.69, 9.17) is 0 Å². The van der Waals surface area contributed by atoms with Crippen LogP contribution in [0.3, 0.4) is 0 Å². The molecule has 0 atom stereocenters. The van der Waals surface area contributed by atoms with Crippen LogP contribution in [0.2, 0.25) is 0 Å². The highest BCUT2D eigenvalue weighted by Crippen LogP contribution is 2.17. The number of aliphatic imine (C=N–C) groups is 1. The molecule has 0 aliphatic carbocycles. The highest BCUT2D eigenvalue weighted by atomic mass is 127. The number of hydrogen-bond donors (Lipinski definition) is 1. The zero-order valence-electron chi connectivity index (χ0n) is 12.8. The SMILES string of the molecule is CN=C(NCc1ncc(C)s1)N(C)Cc1ccccc1Br.I. The predicted octanol–water partition coefficient (Wildman–Crippen LogP) is 4.04. The van der Waals surface area contributed by atoms with Crippen LogP contribution in [0, 0.1) is 6.92 Å². The van der Waals surface area contributed by atoms with Crippen LogP contribution in [-0.4, -0.2) is 29.9 Å². The number of nitrogens with one attached hydrogen (secondary N) is 1. The average molecular weight is 495 g/mol. The molecule has 22 heavy (non-hydrogen) atoms. The van der Waals surface area contributed by atoms with Gasteiger partial charge in [-0.3, -0.25) is 4.99 Å². The highest BCUT2D eigenvalue weighted by Gasteiger charge is 2.09. The molecule has 0 unspecified atom stereocenters. The number of rotatable bonds is 4. The third kappa shape index (κ3) is 5.51. The molecule has 0 saturated carbocycles. The molecule has 0 saturated heterocycles. The summed E-state index contributed by atoms with van der Waals surface area (Å²) < 4.78 is 1.11. The summed E-state index contributed by atoms with van der Waals surface area (Å²) in [5, 5.41) is 4.42. The molecule has 0 spiro atoms. The molecule has 2 rings (SSSR count). The van der Waals surface area contributed by atoms with E-state index in [-0.39, 0.29) is 24.0 Å². The van der Waals surface area contributed by atoms with Gasteiger partial charge in [-0.25, -0.2) is 4.98 Å². The van der Waals surface area contributed by atoms with Gasteiger partial charge in [-0.15, -0.1) is 35.3 Å². The number of hydrogen-bond acceptors (Lipinski definition) is 3. The van der Waals surface area contributed by atoms with Crippen molar-refractivity contribution in [3.05, 3.63) is 50.4 Å². The minimum atomic E-state index is 0. The summed E-state index contributed by atoms with van der Waals surface area (Å²) in [6.45, 7) is 3.55. The average Bonchev–Trinajstić information content (AvgIpc) is 2.88. The molecule has 1 N–H and O–H groups in total. The molecule has 1 aromatic carbocycles. The van der Waals surface area contributed by atoms with Gasteiger partial charge < -0.3 is 10.2 Å². The van der Waals surface area contributed by atoms with E-state index in [0.717, 1.165) is 22.0 Å². The first kappa shape index (κ1) is 19.4. The maximum atomic E-state index is 4.35. The van der Waals surface area contributed by atoms with Gasteiger partial charge in [0.15, 0.2) is 5.96 Å². The second kappa shape index (κ2) is 9.46. The summed E-state index contributed by atoms with van der Waals surface area (Å²) in [6.07, 6.45) is 1.90. The lowest BCUT2D eigenvalue weighted by Gasteiger charge is -2.22. The third-order valence-electron chi connectivity index (χ3n) is 3.01. The number of benzene rings is 1. The topological polar surface area (TPSA) is 40.5 Å². The summed E-state index contributed by atoms with van der Waals surface area (Å²) in [5.74, 6) is 0.860. The van der Waals surface area contributed by atoms with Gasteiger partial charge in [0.05, 0.1) is 6.54 Å². The lowest BCUT2D eigenvalue weighted by molar-refractivity contribution is 0.475. The zero-order chi connectivity index (χ0) is 15.2. The van der Waals surface area contributed by atoms with E-state index >= 15 is 0 Å². The van der Waals surface area contributed by atoms with Crippen molar-refractivity contribution < 1.29 is 0 Å². The molecule has 0 radical (unpaired) electrons. The number of guanidine groups is 1. The molecule has 7 heteroatoms. The molecule has 1 heterocycles. The van der Waals surface area contributed by atoms with Crippen LogP contribution in [0.5, 0.6) is 0 Å². The van der Waals surface area contributed by atoms with Gasteiger partial charge in [-0.05, 0) is 18.6 Å². The van der Waals surface area contributed by atoms with E-state index in [1.165, 1.54) is 10.4 Å². The van der Waals surface area contributed by atoms with Crippen molar-refractivity contribution in [2.75, 3.05) is 14.1 Å². The van der Waals surface area contributed by atoms with E-state index in [0.29, 0.717) is 6.54 Å². The van der Waals surface area contributed by atoms with Crippen molar-refractivity contribution in [3.8, 4) is 0 Å². The van der Waals surface area contributed by atoms with E-state index < -0.39 is 0 Å². The number of aryl methyl sites for hydroxylation is 1. The first-order chi connectivity index (χ1) is 10.1. The molecule has 0 aliphatic rings. The van der Waals surface area contributed by atoms with Crippen molar-refractivity contribution in [1.29, 1.82) is 0 Å². The number of nitrogens with zero attached hydrogens (tertiary/aromatic N) is 3. The minimum Gasteiger partial charge on any atom is -0.350 e. The maximum absolute atomic E-state index is 4.35. The fraction of sp³-hybridized carbons (Fsp3) is 0.333. The van der Waals surface area contributed by atoms with Crippen LogP contribution in [0.4, 0.5) is 0 Å². The fourth-order valence-corrected chi connectivity index (χ4v) is 3.12. The first-order valence-corrected chi connectivity index (χ1v) is 8.27. The molecule has 0 aliphatic heterocycles. The second-order valence-electron chi connectivity index (χ2n) is 4.71. The Bertz CT molecular complexity index is 630.